The van der Waals surface area contributed by atoms with E-state index in [0.717, 1.165) is 92.4 Å². The number of ether oxygens (including phenoxy) is 2. The van der Waals surface area contributed by atoms with Gasteiger partial charge in [-0.05, 0) is 107 Å². The van der Waals surface area contributed by atoms with E-state index in [2.05, 4.69) is 81.3 Å². The SMILES string of the molecule is COC(=O)N[C@H](C(=O)N1CCC[C@H]1c1nc2ccc(-c3ccc4cc(-c5ccc6nc([C@@H]7CCCN7C(=O)[C@@H](NC(=O)OC)C(C)C)[nH]c6c5)ccc4c3)cc2[nH]1)C(C)C. The number of nitrogens with one attached hydrogen (secondary N) is 4. The maximum atomic E-state index is 13.7. The molecule has 4 atom stereocenters. The molecule has 0 radical (unpaired) electrons. The van der Waals surface area contributed by atoms with Crippen LogP contribution in [-0.4, -0.2) is 93.1 Å². The maximum Gasteiger partial charge on any atom is 0.407 e. The molecule has 4 N–H and O–H groups in total. The molecule has 6 aromatic rings. The van der Waals surface area contributed by atoms with Crippen LogP contribution in [0.5, 0.6) is 0 Å². The van der Waals surface area contributed by atoms with Gasteiger partial charge in [-0.2, -0.15) is 0 Å². The van der Waals surface area contributed by atoms with Gasteiger partial charge in [0.15, 0.2) is 0 Å². The van der Waals surface area contributed by atoms with Crippen molar-refractivity contribution in [2.24, 2.45) is 11.8 Å². The number of alkyl carbamates (subject to hydrolysis) is 2. The number of benzene rings is 4. The second-order valence-electron chi connectivity index (χ2n) is 16.6. The summed E-state index contributed by atoms with van der Waals surface area (Å²) in [5.41, 5.74) is 7.69. The molecular formula is C46H52N8O6. The first-order valence-electron chi connectivity index (χ1n) is 20.8. The highest BCUT2D eigenvalue weighted by Gasteiger charge is 2.39. The van der Waals surface area contributed by atoms with Gasteiger partial charge in [-0.25, -0.2) is 19.6 Å². The molecule has 0 bridgehead atoms. The first-order valence-corrected chi connectivity index (χ1v) is 20.8. The van der Waals surface area contributed by atoms with E-state index in [4.69, 9.17) is 19.4 Å². The average Bonchev–Trinajstić information content (AvgIpc) is 4.08. The Balaban J connectivity index is 0.993. The molecule has 2 aliphatic heterocycles. The Bertz CT molecular complexity index is 2420. The highest BCUT2D eigenvalue weighted by molar-refractivity contribution is 5.93. The molecule has 2 saturated heterocycles. The van der Waals surface area contributed by atoms with Crippen molar-refractivity contribution >= 4 is 56.8 Å². The summed E-state index contributed by atoms with van der Waals surface area (Å²) < 4.78 is 9.56. The van der Waals surface area contributed by atoms with E-state index in [9.17, 15) is 19.2 Å². The molecule has 8 rings (SSSR count). The van der Waals surface area contributed by atoms with Gasteiger partial charge in [0.25, 0.3) is 0 Å². The Morgan fingerprint density at radius 3 is 1.37 bits per heavy atom. The molecule has 4 aromatic carbocycles. The van der Waals surface area contributed by atoms with Crippen LogP contribution in [0.2, 0.25) is 0 Å². The summed E-state index contributed by atoms with van der Waals surface area (Å²) in [6, 6.07) is 23.5. The van der Waals surface area contributed by atoms with E-state index in [-0.39, 0.29) is 35.7 Å². The summed E-state index contributed by atoms with van der Waals surface area (Å²) in [7, 11) is 2.59. The smallest absolute Gasteiger partial charge is 0.407 e. The van der Waals surface area contributed by atoms with Crippen LogP contribution in [-0.2, 0) is 19.1 Å². The average molecular weight is 813 g/mol. The number of hydrogen-bond acceptors (Lipinski definition) is 8. The van der Waals surface area contributed by atoms with Crippen molar-refractivity contribution in [1.82, 2.24) is 40.4 Å². The summed E-state index contributed by atoms with van der Waals surface area (Å²) >= 11 is 0. The Kier molecular flexibility index (Phi) is 11.2. The molecule has 4 amide bonds. The predicted octanol–water partition coefficient (Wildman–Crippen LogP) is 8.01. The summed E-state index contributed by atoms with van der Waals surface area (Å²) in [5, 5.41) is 7.65. The first-order chi connectivity index (χ1) is 28.9. The number of aromatic amines is 2. The third-order valence-electron chi connectivity index (χ3n) is 12.0. The van der Waals surface area contributed by atoms with Crippen LogP contribution in [0.3, 0.4) is 0 Å². The number of fused-ring (bicyclic) bond motifs is 3. The summed E-state index contributed by atoms with van der Waals surface area (Å²) in [6.07, 6.45) is 2.01. The van der Waals surface area contributed by atoms with E-state index < -0.39 is 24.3 Å². The van der Waals surface area contributed by atoms with E-state index in [1.807, 2.05) is 49.6 Å². The number of rotatable bonds is 10. The molecule has 0 spiro atoms. The number of carbonyl (C=O) groups is 4. The minimum absolute atomic E-state index is 0.108. The van der Waals surface area contributed by atoms with Crippen molar-refractivity contribution < 1.29 is 28.7 Å². The number of nitrogens with zero attached hydrogens (tertiary/aromatic N) is 4. The number of methoxy groups -OCH3 is 2. The van der Waals surface area contributed by atoms with Crippen LogP contribution in [0, 0.1) is 11.8 Å². The summed E-state index contributed by atoms with van der Waals surface area (Å²) in [6.45, 7) is 8.82. The second-order valence-corrected chi connectivity index (χ2v) is 16.6. The zero-order valence-electron chi connectivity index (χ0n) is 34.9. The fourth-order valence-corrected chi connectivity index (χ4v) is 8.72. The van der Waals surface area contributed by atoms with Gasteiger partial charge in [0.2, 0.25) is 11.8 Å². The van der Waals surface area contributed by atoms with Crippen LogP contribution in [0.25, 0.3) is 55.1 Å². The lowest BCUT2D eigenvalue weighted by atomic mass is 9.97. The van der Waals surface area contributed by atoms with Crippen molar-refractivity contribution in [3.05, 3.63) is 84.4 Å². The molecule has 14 heteroatoms. The van der Waals surface area contributed by atoms with Gasteiger partial charge in [0.1, 0.15) is 23.7 Å². The summed E-state index contributed by atoms with van der Waals surface area (Å²) in [5.74, 6) is 0.992. The third kappa shape index (κ3) is 7.85. The zero-order chi connectivity index (χ0) is 42.2. The second kappa shape index (κ2) is 16.7. The number of H-pyrrole nitrogens is 2. The van der Waals surface area contributed by atoms with Crippen LogP contribution >= 0.6 is 0 Å². The molecule has 0 saturated carbocycles. The van der Waals surface area contributed by atoms with Crippen molar-refractivity contribution in [2.75, 3.05) is 27.3 Å². The largest absolute Gasteiger partial charge is 0.453 e. The molecular weight excluding hydrogens is 761 g/mol. The minimum atomic E-state index is -0.692. The lowest BCUT2D eigenvalue weighted by molar-refractivity contribution is -0.136. The van der Waals surface area contributed by atoms with Gasteiger partial charge >= 0.3 is 12.2 Å². The predicted molar refractivity (Wildman–Crippen MR) is 230 cm³/mol. The van der Waals surface area contributed by atoms with E-state index in [1.165, 1.54) is 14.2 Å². The van der Waals surface area contributed by atoms with Crippen LogP contribution < -0.4 is 10.6 Å². The van der Waals surface area contributed by atoms with Crippen LogP contribution in [0.15, 0.2) is 72.8 Å². The van der Waals surface area contributed by atoms with E-state index in [1.54, 1.807) is 0 Å². The van der Waals surface area contributed by atoms with Crippen LogP contribution in [0.4, 0.5) is 9.59 Å². The standard InChI is InChI=1S/C46H52N8O6/c1-25(2)39(51-45(57)59-5)43(55)53-19-7-9-37(53)41-47-33-17-15-31(23-35(33)49-41)29-13-11-28-22-30(14-12-27(28)21-29)32-16-18-34-36(24-32)50-42(48-34)38-10-8-20-54(38)44(56)40(26(3)4)52-46(58)60-6/h11-18,21-26,37-40H,7-10,19-20H2,1-6H3,(H,47,49)(H,48,50)(H,51,57)(H,52,58)/t37-,38-,39-,40-/m0/s1. The molecule has 0 aliphatic carbocycles. The molecule has 2 fully saturated rings. The lowest BCUT2D eigenvalue weighted by Crippen LogP contribution is -2.51. The maximum absolute atomic E-state index is 13.7. The lowest BCUT2D eigenvalue weighted by Gasteiger charge is -2.29. The third-order valence-corrected chi connectivity index (χ3v) is 12.0. The Morgan fingerprint density at radius 2 is 0.983 bits per heavy atom. The number of amides is 4. The number of hydrogen-bond donors (Lipinski definition) is 4. The van der Waals surface area contributed by atoms with Crippen LogP contribution in [0.1, 0.15) is 77.1 Å². The molecule has 2 aliphatic rings. The van der Waals surface area contributed by atoms with Crippen molar-refractivity contribution in [2.45, 2.75) is 77.5 Å². The molecule has 14 nitrogen and oxygen atoms in total. The quantitative estimate of drug-likeness (QED) is 0.108. The molecule has 60 heavy (non-hydrogen) atoms. The molecule has 4 heterocycles. The van der Waals surface area contributed by atoms with Crippen molar-refractivity contribution in [3.8, 4) is 22.3 Å². The van der Waals surface area contributed by atoms with E-state index >= 15 is 0 Å². The van der Waals surface area contributed by atoms with Gasteiger partial charge in [0, 0.05) is 13.1 Å². The highest BCUT2D eigenvalue weighted by Crippen LogP contribution is 2.36. The fourth-order valence-electron chi connectivity index (χ4n) is 8.72. The number of aromatic nitrogens is 4. The number of carbonyl (C=O) groups excluding carboxylic acids is 4. The van der Waals surface area contributed by atoms with Gasteiger partial charge in [-0.1, -0.05) is 64.1 Å². The molecule has 2 aromatic heterocycles. The molecule has 0 unspecified atom stereocenters. The van der Waals surface area contributed by atoms with Gasteiger partial charge in [-0.15, -0.1) is 0 Å². The van der Waals surface area contributed by atoms with Gasteiger partial charge in [-0.3, -0.25) is 9.59 Å². The summed E-state index contributed by atoms with van der Waals surface area (Å²) in [4.78, 5) is 71.8. The number of likely N-dealkylation sites (tertiary alicyclic amines) is 2. The van der Waals surface area contributed by atoms with Gasteiger partial charge < -0.3 is 39.9 Å². The van der Waals surface area contributed by atoms with Crippen molar-refractivity contribution in [3.63, 3.8) is 0 Å². The monoisotopic (exact) mass is 812 g/mol. The Hall–Kier alpha value is -6.44. The van der Waals surface area contributed by atoms with E-state index in [0.29, 0.717) is 13.1 Å². The van der Waals surface area contributed by atoms with Gasteiger partial charge in [0.05, 0.1) is 48.4 Å². The topological polar surface area (TPSA) is 175 Å². The van der Waals surface area contributed by atoms with Crippen molar-refractivity contribution in [1.29, 1.82) is 0 Å². The highest BCUT2D eigenvalue weighted by atomic mass is 16.5. The first kappa shape index (κ1) is 40.3. The Morgan fingerprint density at radius 1 is 0.600 bits per heavy atom. The minimum Gasteiger partial charge on any atom is -0.453 e. The normalized spacial score (nSPS) is 17.8. The molecule has 312 valence electrons. The zero-order valence-corrected chi connectivity index (χ0v) is 34.9. The fraction of sp³-hybridized carbons (Fsp3) is 0.391. The Labute approximate surface area is 348 Å². The number of imidazole rings is 2.